The minimum Gasteiger partial charge on any atom is -0.0940 e. The van der Waals surface area contributed by atoms with Gasteiger partial charge in [0.15, 0.2) is 0 Å². The zero-order chi connectivity index (χ0) is 40.7. The molecule has 0 aromatic heterocycles. The molecule has 0 radical (unpaired) electrons. The molecule has 1 fully saturated rings. The Morgan fingerprint density at radius 2 is 1.59 bits per heavy atom. The number of hydrogen-bond acceptors (Lipinski definition) is 0. The first-order valence-corrected chi connectivity index (χ1v) is 22.5. The molecule has 0 aliphatic heterocycles. The van der Waals surface area contributed by atoms with Crippen LogP contribution in [-0.2, 0) is 11.8 Å². The quantitative estimate of drug-likeness (QED) is 0.114. The van der Waals surface area contributed by atoms with Gasteiger partial charge in [0.05, 0.1) is 0 Å². The zero-order valence-corrected chi connectivity index (χ0v) is 37.4. The maximum Gasteiger partial charge on any atom is 0.0422 e. The molecule has 5 rings (SSSR count). The standard InChI is InChI=1S/C53H70.C3H8/c1-10-35-52(7,8)38-44-20-18-23-48(31-27-44)49-32-34-51(39(4)36-49)53(9,41(6)47-29-25-42(11-2)26-30-47)50-24-17-16-19-43(28-33-50)37-45(12-3)40(5)46-21-14-13-15-22-46;1-3-2/h10,13-15,17,19,21-22,24-26,29-30,32-36,40,44-45,48H,6,11-12,16,18,20,23,27-28,31,37-38H2,1-5,7-9H3;3H2,1-2H3/b24-17-,35-10?,43-19+,50-33+;/t40-,44?,45?,48?,53?;/m0./s1. The van der Waals surface area contributed by atoms with Gasteiger partial charge >= 0.3 is 0 Å². The summed E-state index contributed by atoms with van der Waals surface area (Å²) in [5.41, 5.74) is 12.4. The van der Waals surface area contributed by atoms with Gasteiger partial charge in [0.2, 0.25) is 0 Å². The molecule has 3 aromatic rings. The van der Waals surface area contributed by atoms with Crippen molar-refractivity contribution in [1.29, 1.82) is 0 Å². The molecule has 0 spiro atoms. The van der Waals surface area contributed by atoms with E-state index < -0.39 is 0 Å². The van der Waals surface area contributed by atoms with Crippen molar-refractivity contribution in [3.8, 4) is 0 Å². The average Bonchev–Trinajstić information content (AvgIpc) is 3.42. The molecule has 2 aliphatic rings. The van der Waals surface area contributed by atoms with Gasteiger partial charge in [0.25, 0.3) is 0 Å². The van der Waals surface area contributed by atoms with Gasteiger partial charge in [-0.05, 0) is 146 Å². The third-order valence-electron chi connectivity index (χ3n) is 13.2. The summed E-state index contributed by atoms with van der Waals surface area (Å²) in [5, 5.41) is 0. The Labute approximate surface area is 345 Å². The number of allylic oxidation sites excluding steroid dienone is 9. The van der Waals surface area contributed by atoms with E-state index in [0.717, 1.165) is 31.6 Å². The summed E-state index contributed by atoms with van der Waals surface area (Å²) in [6.07, 6.45) is 29.0. The number of benzene rings is 3. The molecule has 0 nitrogen and oxygen atoms in total. The number of hydrogen-bond donors (Lipinski definition) is 0. The van der Waals surface area contributed by atoms with Gasteiger partial charge in [0.1, 0.15) is 0 Å². The third kappa shape index (κ3) is 11.9. The highest BCUT2D eigenvalue weighted by Crippen LogP contribution is 2.47. The van der Waals surface area contributed by atoms with Crippen LogP contribution in [0.3, 0.4) is 0 Å². The second-order valence-electron chi connectivity index (χ2n) is 18.1. The fourth-order valence-corrected chi connectivity index (χ4v) is 9.80. The normalized spacial score (nSPS) is 22.4. The van der Waals surface area contributed by atoms with Crippen LogP contribution in [0.25, 0.3) is 5.57 Å². The van der Waals surface area contributed by atoms with Crippen molar-refractivity contribution in [2.45, 2.75) is 164 Å². The summed E-state index contributed by atoms with van der Waals surface area (Å²) >= 11 is 0. The summed E-state index contributed by atoms with van der Waals surface area (Å²) in [6.45, 7) is 28.0. The van der Waals surface area contributed by atoms with Crippen molar-refractivity contribution in [3.05, 3.63) is 160 Å². The van der Waals surface area contributed by atoms with E-state index in [2.05, 4.69) is 178 Å². The Balaban J connectivity index is 0.00000225. The van der Waals surface area contributed by atoms with Crippen molar-refractivity contribution in [2.75, 3.05) is 0 Å². The van der Waals surface area contributed by atoms with Crippen molar-refractivity contribution < 1.29 is 0 Å². The predicted molar refractivity (Wildman–Crippen MR) is 250 cm³/mol. The fraction of sp³-hybridized carbons (Fsp3) is 0.500. The van der Waals surface area contributed by atoms with E-state index in [0.29, 0.717) is 17.8 Å². The molecule has 0 heteroatoms. The van der Waals surface area contributed by atoms with Crippen LogP contribution in [0.2, 0.25) is 0 Å². The monoisotopic (exact) mass is 751 g/mol. The lowest BCUT2D eigenvalue weighted by molar-refractivity contribution is 0.304. The minimum absolute atomic E-state index is 0.288. The molecule has 0 bridgehead atoms. The zero-order valence-electron chi connectivity index (χ0n) is 37.4. The van der Waals surface area contributed by atoms with Crippen LogP contribution in [0.15, 0.2) is 127 Å². The smallest absolute Gasteiger partial charge is 0.0422 e. The molecule has 0 amide bonds. The van der Waals surface area contributed by atoms with E-state index in [1.165, 1.54) is 95.9 Å². The highest BCUT2D eigenvalue weighted by Gasteiger charge is 2.36. The van der Waals surface area contributed by atoms with Gasteiger partial charge in [0, 0.05) is 5.41 Å². The predicted octanol–water partition coefficient (Wildman–Crippen LogP) is 17.0. The van der Waals surface area contributed by atoms with E-state index in [4.69, 9.17) is 6.58 Å². The molecule has 3 aromatic carbocycles. The Hall–Kier alpha value is -3.64. The molecule has 4 unspecified atom stereocenters. The molecular weight excluding hydrogens is 673 g/mol. The van der Waals surface area contributed by atoms with Gasteiger partial charge in [-0.15, -0.1) is 0 Å². The maximum absolute atomic E-state index is 4.92. The van der Waals surface area contributed by atoms with E-state index in [1.807, 2.05) is 0 Å². The summed E-state index contributed by atoms with van der Waals surface area (Å²) < 4.78 is 0. The minimum atomic E-state index is -0.357. The Bertz CT molecular complexity index is 1770. The van der Waals surface area contributed by atoms with Gasteiger partial charge in [-0.25, -0.2) is 0 Å². The van der Waals surface area contributed by atoms with Crippen molar-refractivity contribution in [1.82, 2.24) is 0 Å². The average molecular weight is 751 g/mol. The molecule has 5 atom stereocenters. The van der Waals surface area contributed by atoms with Crippen molar-refractivity contribution in [2.24, 2.45) is 17.3 Å². The van der Waals surface area contributed by atoms with E-state index in [9.17, 15) is 0 Å². The second-order valence-corrected chi connectivity index (χ2v) is 18.1. The van der Waals surface area contributed by atoms with Crippen LogP contribution >= 0.6 is 0 Å². The van der Waals surface area contributed by atoms with Gasteiger partial charge in [-0.2, -0.15) is 0 Å². The summed E-state index contributed by atoms with van der Waals surface area (Å²) in [4.78, 5) is 0. The lowest BCUT2D eigenvalue weighted by Crippen LogP contribution is -2.27. The molecule has 0 heterocycles. The Morgan fingerprint density at radius 1 is 0.875 bits per heavy atom. The molecular formula is C56H78. The lowest BCUT2D eigenvalue weighted by Gasteiger charge is -2.37. The van der Waals surface area contributed by atoms with E-state index >= 15 is 0 Å². The topological polar surface area (TPSA) is 0 Å². The van der Waals surface area contributed by atoms with Crippen LogP contribution in [0, 0.1) is 24.2 Å². The van der Waals surface area contributed by atoms with Crippen LogP contribution < -0.4 is 0 Å². The van der Waals surface area contributed by atoms with E-state index in [-0.39, 0.29) is 10.8 Å². The SMILES string of the molecule is C=C(c1ccc(CC)cc1)C(C)(C1=C/C/C(CC(CC)[C@H](C)c2ccccc2)=C\C/C=C\1)c1ccc(C2CCCC(CC(C)(C)C=CC)CC2)cc1C.CCC. The van der Waals surface area contributed by atoms with Gasteiger partial charge < -0.3 is 0 Å². The Morgan fingerprint density at radius 3 is 2.23 bits per heavy atom. The lowest BCUT2D eigenvalue weighted by atomic mass is 9.66. The van der Waals surface area contributed by atoms with Crippen LogP contribution in [0.5, 0.6) is 0 Å². The third-order valence-corrected chi connectivity index (χ3v) is 13.2. The molecule has 0 N–H and O–H groups in total. The molecule has 56 heavy (non-hydrogen) atoms. The molecule has 302 valence electrons. The number of aryl methyl sites for hydroxylation is 2. The highest BCUT2D eigenvalue weighted by molar-refractivity contribution is 5.79. The summed E-state index contributed by atoms with van der Waals surface area (Å²) in [5.74, 6) is 2.62. The summed E-state index contributed by atoms with van der Waals surface area (Å²) in [6, 6.07) is 27.8. The van der Waals surface area contributed by atoms with Crippen LogP contribution in [0.1, 0.15) is 178 Å². The van der Waals surface area contributed by atoms with Crippen molar-refractivity contribution >= 4 is 5.57 Å². The van der Waals surface area contributed by atoms with Crippen LogP contribution in [0.4, 0.5) is 0 Å². The first kappa shape index (κ1) is 45.1. The summed E-state index contributed by atoms with van der Waals surface area (Å²) in [7, 11) is 0. The molecule has 1 saturated carbocycles. The van der Waals surface area contributed by atoms with Crippen LogP contribution in [-0.4, -0.2) is 0 Å². The van der Waals surface area contributed by atoms with Gasteiger partial charge in [-0.1, -0.05) is 196 Å². The molecule has 2 aliphatic carbocycles. The second kappa shape index (κ2) is 21.8. The van der Waals surface area contributed by atoms with Gasteiger partial charge in [-0.3, -0.25) is 0 Å². The fourth-order valence-electron chi connectivity index (χ4n) is 9.80. The first-order chi connectivity index (χ1) is 26.9. The van der Waals surface area contributed by atoms with E-state index in [1.54, 1.807) is 5.57 Å². The first-order valence-electron chi connectivity index (χ1n) is 22.5. The largest absolute Gasteiger partial charge is 0.0940 e. The number of rotatable bonds is 14. The maximum atomic E-state index is 4.92. The highest BCUT2D eigenvalue weighted by atomic mass is 14.4. The van der Waals surface area contributed by atoms with Crippen molar-refractivity contribution in [3.63, 3.8) is 0 Å². The molecule has 0 saturated heterocycles. The Kier molecular flexibility index (Phi) is 17.5.